The van der Waals surface area contributed by atoms with Gasteiger partial charge in [-0.1, -0.05) is 23.8 Å². The van der Waals surface area contributed by atoms with Crippen LogP contribution in [0.15, 0.2) is 36.5 Å². The second-order valence-electron chi connectivity index (χ2n) is 4.07. The van der Waals surface area contributed by atoms with Crippen LogP contribution in [0.2, 0.25) is 0 Å². The van der Waals surface area contributed by atoms with E-state index in [0.717, 1.165) is 17.1 Å². The van der Waals surface area contributed by atoms with Crippen LogP contribution in [0.4, 0.5) is 0 Å². The molecule has 0 fully saturated rings. The minimum atomic E-state index is 0.513. The van der Waals surface area contributed by atoms with Gasteiger partial charge in [-0.25, -0.2) is 4.98 Å². The lowest BCUT2D eigenvalue weighted by molar-refractivity contribution is 1.26. The van der Waals surface area contributed by atoms with Crippen LogP contribution in [0.3, 0.4) is 0 Å². The summed E-state index contributed by atoms with van der Waals surface area (Å²) in [5, 5.41) is 7.31. The van der Waals surface area contributed by atoms with Gasteiger partial charge in [0.05, 0.1) is 11.9 Å². The molecule has 1 aromatic heterocycles. The maximum Gasteiger partial charge on any atom is 0.130 e. The van der Waals surface area contributed by atoms with Crippen molar-refractivity contribution < 1.29 is 0 Å². The lowest BCUT2D eigenvalue weighted by Crippen LogP contribution is -1.81. The summed E-state index contributed by atoms with van der Waals surface area (Å²) in [4.78, 5) is 7.47. The summed E-state index contributed by atoms with van der Waals surface area (Å²) >= 11 is 0. The second kappa shape index (κ2) is 4.78. The van der Waals surface area contributed by atoms with Crippen LogP contribution >= 0.6 is 0 Å². The Hall–Kier alpha value is -2.16. The van der Waals surface area contributed by atoms with E-state index in [-0.39, 0.29) is 0 Å². The van der Waals surface area contributed by atoms with Crippen molar-refractivity contribution in [1.29, 1.82) is 5.41 Å². The first-order chi connectivity index (χ1) is 8.15. The summed E-state index contributed by atoms with van der Waals surface area (Å²) in [7, 11) is 0. The molecule has 1 aromatic carbocycles. The minimum Gasteiger partial charge on any atom is -0.338 e. The fourth-order valence-corrected chi connectivity index (χ4v) is 1.58. The number of hydrogen-bond donors (Lipinski definition) is 2. The van der Waals surface area contributed by atoms with E-state index in [0.29, 0.717) is 5.71 Å². The number of aromatic nitrogens is 2. The highest BCUT2D eigenvalue weighted by molar-refractivity contribution is 5.93. The Balaban J connectivity index is 2.27. The first kappa shape index (κ1) is 11.3. The van der Waals surface area contributed by atoms with Crippen LogP contribution in [0, 0.1) is 12.3 Å². The van der Waals surface area contributed by atoms with Gasteiger partial charge in [-0.2, -0.15) is 0 Å². The Morgan fingerprint density at radius 1 is 1.41 bits per heavy atom. The standard InChI is InChI=1S/C14H15N3/c1-10-4-3-5-12(8-10)13-9-16-14(17-13)7-6-11(2)15/h3-9,15H,1-2H3,(H,16,17)/b7-6-,15-11?. The van der Waals surface area contributed by atoms with Gasteiger partial charge >= 0.3 is 0 Å². The number of hydrogen-bond acceptors (Lipinski definition) is 2. The molecule has 2 rings (SSSR count). The molecule has 0 aliphatic heterocycles. The SMILES string of the molecule is CC(=N)/C=C\c1ncc(-c2cccc(C)c2)[nH]1. The molecule has 2 N–H and O–H groups in total. The predicted molar refractivity (Wildman–Crippen MR) is 71.2 cm³/mol. The maximum atomic E-state index is 7.31. The summed E-state index contributed by atoms with van der Waals surface area (Å²) < 4.78 is 0. The predicted octanol–water partition coefficient (Wildman–Crippen LogP) is 3.44. The molecule has 0 aliphatic carbocycles. The Kier molecular flexibility index (Phi) is 3.19. The molecule has 2 aromatic rings. The van der Waals surface area contributed by atoms with Gasteiger partial charge in [0.1, 0.15) is 5.82 Å². The van der Waals surface area contributed by atoms with Crippen LogP contribution in [0.1, 0.15) is 18.3 Å². The van der Waals surface area contributed by atoms with Crippen molar-refractivity contribution in [2.75, 3.05) is 0 Å². The molecule has 0 spiro atoms. The molecule has 0 saturated heterocycles. The quantitative estimate of drug-likeness (QED) is 0.772. The average molecular weight is 225 g/mol. The van der Waals surface area contributed by atoms with E-state index in [2.05, 4.69) is 35.1 Å². The van der Waals surface area contributed by atoms with Gasteiger partial charge in [0.2, 0.25) is 0 Å². The van der Waals surface area contributed by atoms with E-state index >= 15 is 0 Å². The largest absolute Gasteiger partial charge is 0.338 e. The van der Waals surface area contributed by atoms with Gasteiger partial charge in [0, 0.05) is 5.71 Å². The minimum absolute atomic E-state index is 0.513. The number of nitrogens with zero attached hydrogens (tertiary/aromatic N) is 1. The zero-order valence-electron chi connectivity index (χ0n) is 9.99. The highest BCUT2D eigenvalue weighted by Crippen LogP contribution is 2.18. The highest BCUT2D eigenvalue weighted by Gasteiger charge is 2.01. The van der Waals surface area contributed by atoms with Crippen molar-refractivity contribution in [3.8, 4) is 11.3 Å². The molecule has 3 heteroatoms. The third kappa shape index (κ3) is 2.91. The number of aryl methyl sites for hydroxylation is 1. The van der Waals surface area contributed by atoms with Gasteiger partial charge in [-0.15, -0.1) is 0 Å². The van der Waals surface area contributed by atoms with Crippen LogP contribution in [-0.2, 0) is 0 Å². The monoisotopic (exact) mass is 225 g/mol. The van der Waals surface area contributed by atoms with Crippen molar-refractivity contribution in [1.82, 2.24) is 9.97 Å². The zero-order chi connectivity index (χ0) is 12.3. The Morgan fingerprint density at radius 2 is 2.24 bits per heavy atom. The van der Waals surface area contributed by atoms with E-state index in [4.69, 9.17) is 5.41 Å². The molecule has 0 radical (unpaired) electrons. The van der Waals surface area contributed by atoms with Crippen LogP contribution in [-0.4, -0.2) is 15.7 Å². The maximum absolute atomic E-state index is 7.31. The van der Waals surface area contributed by atoms with Crippen molar-refractivity contribution in [2.45, 2.75) is 13.8 Å². The van der Waals surface area contributed by atoms with Gasteiger partial charge in [-0.05, 0) is 37.6 Å². The molecule has 17 heavy (non-hydrogen) atoms. The molecule has 0 aliphatic rings. The lowest BCUT2D eigenvalue weighted by Gasteiger charge is -1.98. The summed E-state index contributed by atoms with van der Waals surface area (Å²) in [6, 6.07) is 8.26. The van der Waals surface area contributed by atoms with Crippen LogP contribution in [0.5, 0.6) is 0 Å². The van der Waals surface area contributed by atoms with E-state index in [9.17, 15) is 0 Å². The first-order valence-electron chi connectivity index (χ1n) is 5.50. The Bertz CT molecular complexity index is 564. The lowest BCUT2D eigenvalue weighted by atomic mass is 10.1. The summed E-state index contributed by atoms with van der Waals surface area (Å²) in [5.74, 6) is 0.771. The van der Waals surface area contributed by atoms with Crippen LogP contribution in [0.25, 0.3) is 17.3 Å². The van der Waals surface area contributed by atoms with Crippen molar-refractivity contribution >= 4 is 11.8 Å². The van der Waals surface area contributed by atoms with E-state index in [1.807, 2.05) is 18.3 Å². The van der Waals surface area contributed by atoms with Gasteiger partial charge in [0.15, 0.2) is 0 Å². The first-order valence-corrected chi connectivity index (χ1v) is 5.50. The molecule has 3 nitrogen and oxygen atoms in total. The Morgan fingerprint density at radius 3 is 2.94 bits per heavy atom. The molecule has 1 heterocycles. The highest BCUT2D eigenvalue weighted by atomic mass is 14.9. The number of nitrogens with one attached hydrogen (secondary N) is 2. The van der Waals surface area contributed by atoms with Crippen molar-refractivity contribution in [3.05, 3.63) is 47.9 Å². The second-order valence-corrected chi connectivity index (χ2v) is 4.07. The number of rotatable bonds is 3. The van der Waals surface area contributed by atoms with E-state index < -0.39 is 0 Å². The zero-order valence-corrected chi connectivity index (χ0v) is 9.99. The van der Waals surface area contributed by atoms with E-state index in [1.54, 1.807) is 13.0 Å². The Labute approximate surface area is 101 Å². The molecule has 0 amide bonds. The van der Waals surface area contributed by atoms with Crippen molar-refractivity contribution in [2.24, 2.45) is 0 Å². The van der Waals surface area contributed by atoms with Gasteiger partial charge in [-0.3, -0.25) is 0 Å². The molecule has 0 unspecified atom stereocenters. The number of aromatic amines is 1. The molecular formula is C14H15N3. The number of benzene rings is 1. The molecule has 0 bridgehead atoms. The fraction of sp³-hybridized carbons (Fsp3) is 0.143. The molecule has 0 atom stereocenters. The summed E-state index contributed by atoms with van der Waals surface area (Å²) in [6.45, 7) is 3.81. The smallest absolute Gasteiger partial charge is 0.130 e. The molecule has 0 saturated carbocycles. The van der Waals surface area contributed by atoms with E-state index in [1.165, 1.54) is 5.56 Å². The normalized spacial score (nSPS) is 10.9. The van der Waals surface area contributed by atoms with Gasteiger partial charge in [0.25, 0.3) is 0 Å². The average Bonchev–Trinajstić information content (AvgIpc) is 2.75. The van der Waals surface area contributed by atoms with Crippen LogP contribution < -0.4 is 0 Å². The van der Waals surface area contributed by atoms with Gasteiger partial charge < -0.3 is 10.4 Å². The fourth-order valence-electron chi connectivity index (χ4n) is 1.58. The number of imidazole rings is 1. The third-order valence-corrected chi connectivity index (χ3v) is 2.42. The molecular weight excluding hydrogens is 210 g/mol. The summed E-state index contributed by atoms with van der Waals surface area (Å²) in [5.41, 5.74) is 3.86. The topological polar surface area (TPSA) is 52.5 Å². The third-order valence-electron chi connectivity index (χ3n) is 2.42. The number of H-pyrrole nitrogens is 1. The number of allylic oxidation sites excluding steroid dienone is 1. The van der Waals surface area contributed by atoms with Crippen molar-refractivity contribution in [3.63, 3.8) is 0 Å². The molecule has 86 valence electrons. The summed E-state index contributed by atoms with van der Waals surface area (Å²) in [6.07, 6.45) is 5.34.